The van der Waals surface area contributed by atoms with E-state index in [0.717, 1.165) is 24.8 Å². The summed E-state index contributed by atoms with van der Waals surface area (Å²) in [5.74, 6) is 1.69. The second kappa shape index (κ2) is 6.38. The molecular weight excluding hydrogens is 218 g/mol. The van der Waals surface area contributed by atoms with Crippen LogP contribution in [-0.4, -0.2) is 6.04 Å². The lowest BCUT2D eigenvalue weighted by Crippen LogP contribution is -2.40. The zero-order chi connectivity index (χ0) is 13.0. The lowest BCUT2D eigenvalue weighted by molar-refractivity contribution is 0.206. The molecule has 0 heterocycles. The van der Waals surface area contributed by atoms with E-state index in [-0.39, 0.29) is 0 Å². The minimum absolute atomic E-state index is 0.708. The molecule has 3 atom stereocenters. The monoisotopic (exact) mass is 245 g/mol. The maximum absolute atomic E-state index is 3.76. The molecule has 2 rings (SSSR count). The Balaban J connectivity index is 1.86. The predicted octanol–water partition coefficient (Wildman–Crippen LogP) is 4.16. The molecule has 0 spiro atoms. The van der Waals surface area contributed by atoms with Crippen LogP contribution in [0.15, 0.2) is 24.3 Å². The summed E-state index contributed by atoms with van der Waals surface area (Å²) in [4.78, 5) is 0. The van der Waals surface area contributed by atoms with Gasteiger partial charge in [0.15, 0.2) is 0 Å². The highest BCUT2D eigenvalue weighted by Crippen LogP contribution is 2.29. The zero-order valence-corrected chi connectivity index (χ0v) is 12.1. The smallest absolute Gasteiger partial charge is 0.0208 e. The van der Waals surface area contributed by atoms with Gasteiger partial charge in [-0.15, -0.1) is 0 Å². The van der Waals surface area contributed by atoms with Gasteiger partial charge < -0.3 is 5.32 Å². The van der Waals surface area contributed by atoms with Gasteiger partial charge in [-0.05, 0) is 35.8 Å². The van der Waals surface area contributed by atoms with Crippen LogP contribution < -0.4 is 5.32 Å². The first-order valence-corrected chi connectivity index (χ1v) is 7.52. The fourth-order valence-electron chi connectivity index (χ4n) is 3.01. The topological polar surface area (TPSA) is 12.0 Å². The third kappa shape index (κ3) is 3.35. The molecule has 0 amide bonds. The fraction of sp³-hybridized carbons (Fsp3) is 0.647. The van der Waals surface area contributed by atoms with Gasteiger partial charge in [-0.1, -0.05) is 57.9 Å². The molecule has 1 nitrogen and oxygen atoms in total. The molecule has 0 unspecified atom stereocenters. The lowest BCUT2D eigenvalue weighted by atomic mass is 9.78. The first-order valence-electron chi connectivity index (χ1n) is 7.52. The Hall–Kier alpha value is -0.820. The Morgan fingerprint density at radius 3 is 2.39 bits per heavy atom. The average Bonchev–Trinajstić information content (AvgIpc) is 2.41. The summed E-state index contributed by atoms with van der Waals surface area (Å²) < 4.78 is 0. The van der Waals surface area contributed by atoms with E-state index in [1.807, 2.05) is 0 Å². The van der Waals surface area contributed by atoms with Crippen LogP contribution in [0.5, 0.6) is 0 Å². The number of hydrogen-bond acceptors (Lipinski definition) is 1. The summed E-state index contributed by atoms with van der Waals surface area (Å²) in [7, 11) is 0. The van der Waals surface area contributed by atoms with Crippen molar-refractivity contribution in [3.8, 4) is 0 Å². The summed E-state index contributed by atoms with van der Waals surface area (Å²) in [6.45, 7) is 8.03. The minimum atomic E-state index is 0.708. The zero-order valence-electron chi connectivity index (χ0n) is 12.1. The van der Waals surface area contributed by atoms with Crippen LogP contribution in [0.25, 0.3) is 0 Å². The van der Waals surface area contributed by atoms with Crippen molar-refractivity contribution in [3.63, 3.8) is 0 Å². The van der Waals surface area contributed by atoms with Crippen molar-refractivity contribution in [2.75, 3.05) is 0 Å². The molecule has 1 aromatic rings. The molecule has 18 heavy (non-hydrogen) atoms. The van der Waals surface area contributed by atoms with E-state index in [9.17, 15) is 0 Å². The van der Waals surface area contributed by atoms with Gasteiger partial charge in [-0.25, -0.2) is 0 Å². The van der Waals surface area contributed by atoms with Crippen LogP contribution in [0.1, 0.15) is 51.2 Å². The molecule has 0 saturated heterocycles. The summed E-state index contributed by atoms with van der Waals surface area (Å²) in [6.07, 6.45) is 5.27. The van der Waals surface area contributed by atoms with E-state index in [1.165, 1.54) is 30.4 Å². The average molecular weight is 245 g/mol. The van der Waals surface area contributed by atoms with Gasteiger partial charge in [0.2, 0.25) is 0 Å². The Morgan fingerprint density at radius 2 is 1.72 bits per heavy atom. The van der Waals surface area contributed by atoms with Gasteiger partial charge in [-0.3, -0.25) is 0 Å². The van der Waals surface area contributed by atoms with Gasteiger partial charge in [0, 0.05) is 12.6 Å². The predicted molar refractivity (Wildman–Crippen MR) is 78.6 cm³/mol. The standard InChI is InChI=1S/C17H27N/c1-4-15-8-10-16(11-9-15)12-18-17-7-5-6-13(2)14(17)3/h8-11,13-14,17-18H,4-7,12H2,1-3H3/t13-,14+,17-/m1/s1. The van der Waals surface area contributed by atoms with Gasteiger partial charge >= 0.3 is 0 Å². The van der Waals surface area contributed by atoms with E-state index in [2.05, 4.69) is 50.4 Å². The summed E-state index contributed by atoms with van der Waals surface area (Å²) >= 11 is 0. The SMILES string of the molecule is CCc1ccc(CN[C@@H]2CCC[C@@H](C)[C@@H]2C)cc1. The van der Waals surface area contributed by atoms with E-state index in [0.29, 0.717) is 6.04 Å². The van der Waals surface area contributed by atoms with Gasteiger partial charge in [0.05, 0.1) is 0 Å². The third-order valence-electron chi connectivity index (χ3n) is 4.71. The van der Waals surface area contributed by atoms with Crippen molar-refractivity contribution in [1.82, 2.24) is 5.32 Å². The molecule has 100 valence electrons. The van der Waals surface area contributed by atoms with Gasteiger partial charge in [-0.2, -0.15) is 0 Å². The molecule has 1 aliphatic rings. The first-order chi connectivity index (χ1) is 8.70. The highest BCUT2D eigenvalue weighted by Gasteiger charge is 2.26. The summed E-state index contributed by atoms with van der Waals surface area (Å²) in [5.41, 5.74) is 2.84. The van der Waals surface area contributed by atoms with Crippen molar-refractivity contribution >= 4 is 0 Å². The molecule has 0 radical (unpaired) electrons. The number of hydrogen-bond donors (Lipinski definition) is 1. The molecular formula is C17H27N. The molecule has 0 aromatic heterocycles. The van der Waals surface area contributed by atoms with Crippen LogP contribution in [-0.2, 0) is 13.0 Å². The van der Waals surface area contributed by atoms with Gasteiger partial charge in [0.1, 0.15) is 0 Å². The normalized spacial score (nSPS) is 28.3. The number of aryl methyl sites for hydroxylation is 1. The van der Waals surface area contributed by atoms with E-state index >= 15 is 0 Å². The highest BCUT2D eigenvalue weighted by molar-refractivity contribution is 5.22. The minimum Gasteiger partial charge on any atom is -0.310 e. The fourth-order valence-corrected chi connectivity index (χ4v) is 3.01. The quantitative estimate of drug-likeness (QED) is 0.839. The maximum Gasteiger partial charge on any atom is 0.0208 e. The largest absolute Gasteiger partial charge is 0.310 e. The molecule has 0 aliphatic heterocycles. The Morgan fingerprint density at radius 1 is 1.06 bits per heavy atom. The van der Waals surface area contributed by atoms with Crippen LogP contribution in [0.2, 0.25) is 0 Å². The van der Waals surface area contributed by atoms with Crippen molar-refractivity contribution in [2.24, 2.45) is 11.8 Å². The molecule has 1 heteroatoms. The van der Waals surface area contributed by atoms with Crippen LogP contribution in [0.3, 0.4) is 0 Å². The molecule has 1 aromatic carbocycles. The van der Waals surface area contributed by atoms with Crippen LogP contribution in [0.4, 0.5) is 0 Å². The van der Waals surface area contributed by atoms with Crippen molar-refractivity contribution < 1.29 is 0 Å². The van der Waals surface area contributed by atoms with Gasteiger partial charge in [0.25, 0.3) is 0 Å². The Kier molecular flexibility index (Phi) is 4.82. The second-order valence-electron chi connectivity index (χ2n) is 5.92. The van der Waals surface area contributed by atoms with E-state index in [1.54, 1.807) is 0 Å². The third-order valence-corrected chi connectivity index (χ3v) is 4.71. The van der Waals surface area contributed by atoms with E-state index < -0.39 is 0 Å². The molecule has 1 N–H and O–H groups in total. The number of nitrogens with one attached hydrogen (secondary N) is 1. The van der Waals surface area contributed by atoms with Crippen molar-refractivity contribution in [2.45, 2.75) is 59.0 Å². The van der Waals surface area contributed by atoms with Crippen molar-refractivity contribution in [3.05, 3.63) is 35.4 Å². The highest BCUT2D eigenvalue weighted by atomic mass is 14.9. The van der Waals surface area contributed by atoms with Crippen molar-refractivity contribution in [1.29, 1.82) is 0 Å². The first kappa shape index (κ1) is 13.6. The Labute approximate surface area is 112 Å². The molecule has 1 aliphatic carbocycles. The maximum atomic E-state index is 3.76. The summed E-state index contributed by atoms with van der Waals surface area (Å²) in [6, 6.07) is 9.75. The Bertz CT molecular complexity index is 354. The van der Waals surface area contributed by atoms with Crippen LogP contribution in [0, 0.1) is 11.8 Å². The summed E-state index contributed by atoms with van der Waals surface area (Å²) in [5, 5.41) is 3.76. The second-order valence-corrected chi connectivity index (χ2v) is 5.92. The molecule has 1 fully saturated rings. The number of benzene rings is 1. The molecule has 0 bridgehead atoms. The molecule has 1 saturated carbocycles. The van der Waals surface area contributed by atoms with Crippen LogP contribution >= 0.6 is 0 Å². The van der Waals surface area contributed by atoms with E-state index in [4.69, 9.17) is 0 Å². The number of rotatable bonds is 4. The lowest BCUT2D eigenvalue weighted by Gasteiger charge is -2.34.